The van der Waals surface area contributed by atoms with E-state index in [0.717, 1.165) is 4.88 Å². The van der Waals surface area contributed by atoms with Gasteiger partial charge in [-0.2, -0.15) is 11.8 Å². The minimum Gasteiger partial charge on any atom is -0.292 e. The number of thiophene rings is 1. The maximum Gasteiger partial charge on any atom is 0.182 e. The Morgan fingerprint density at radius 2 is 2.20 bits per heavy atom. The zero-order chi connectivity index (χ0) is 10.7. The molecule has 1 aliphatic rings. The van der Waals surface area contributed by atoms with E-state index in [2.05, 4.69) is 6.07 Å². The van der Waals surface area contributed by atoms with Crippen LogP contribution in [0.2, 0.25) is 0 Å². The Hall–Kier alpha value is -0.280. The van der Waals surface area contributed by atoms with E-state index in [0.29, 0.717) is 11.5 Å². The number of carbonyl (C=O) groups is 1. The number of thioether (sulfide) groups is 1. The van der Waals surface area contributed by atoms with Gasteiger partial charge >= 0.3 is 0 Å². The summed E-state index contributed by atoms with van der Waals surface area (Å²) in [5, 5.41) is 0. The molecule has 3 heteroatoms. The zero-order valence-electron chi connectivity index (χ0n) is 9.04. The molecule has 0 N–H and O–H groups in total. The number of carbonyl (C=O) groups excluding carboxylic acids is 1. The van der Waals surface area contributed by atoms with E-state index in [1.807, 2.05) is 6.26 Å². The average molecular weight is 240 g/mol. The van der Waals surface area contributed by atoms with E-state index >= 15 is 0 Å². The van der Waals surface area contributed by atoms with Crippen LogP contribution in [0.15, 0.2) is 6.07 Å². The molecule has 0 bridgehead atoms. The maximum absolute atomic E-state index is 11.7. The van der Waals surface area contributed by atoms with Crippen molar-refractivity contribution in [2.45, 2.75) is 32.1 Å². The lowest BCUT2D eigenvalue weighted by molar-refractivity contribution is 0.102. The fourth-order valence-corrected chi connectivity index (χ4v) is 3.71. The Labute approximate surface area is 99.3 Å². The predicted molar refractivity (Wildman–Crippen MR) is 68.3 cm³/mol. The molecule has 1 heterocycles. The Morgan fingerprint density at radius 3 is 3.00 bits per heavy atom. The van der Waals surface area contributed by atoms with Gasteiger partial charge in [0, 0.05) is 4.88 Å². The summed E-state index contributed by atoms with van der Waals surface area (Å²) >= 11 is 3.35. The molecule has 1 nitrogen and oxygen atoms in total. The van der Waals surface area contributed by atoms with Crippen molar-refractivity contribution in [1.82, 2.24) is 0 Å². The summed E-state index contributed by atoms with van der Waals surface area (Å²) in [6.45, 7) is 0. The number of Topliss-reactive ketones (excluding diaryl/α,β-unsaturated/α-hetero) is 1. The van der Waals surface area contributed by atoms with Crippen molar-refractivity contribution >= 4 is 28.9 Å². The van der Waals surface area contributed by atoms with Crippen molar-refractivity contribution in [3.05, 3.63) is 21.4 Å². The van der Waals surface area contributed by atoms with Crippen molar-refractivity contribution in [2.75, 3.05) is 12.0 Å². The third-order valence-electron chi connectivity index (χ3n) is 2.80. The minimum absolute atomic E-state index is 0.306. The van der Waals surface area contributed by atoms with Crippen LogP contribution in [-0.2, 0) is 12.8 Å². The molecular weight excluding hydrogens is 224 g/mol. The molecular formula is C12H16OS2. The van der Waals surface area contributed by atoms with Crippen LogP contribution in [0, 0.1) is 0 Å². The lowest BCUT2D eigenvalue weighted by Crippen LogP contribution is -1.98. The number of ketones is 1. The first-order valence-electron chi connectivity index (χ1n) is 5.45. The first kappa shape index (κ1) is 11.2. The number of aryl methyl sites for hydroxylation is 2. The highest BCUT2D eigenvalue weighted by atomic mass is 32.2. The van der Waals surface area contributed by atoms with Gasteiger partial charge in [-0.1, -0.05) is 6.42 Å². The van der Waals surface area contributed by atoms with Gasteiger partial charge in [0.25, 0.3) is 0 Å². The standard InChI is InChI=1S/C12H16OS2/c1-14-8-10(13)12-7-9-5-3-2-4-6-11(9)15-12/h7H,2-6,8H2,1H3. The molecule has 82 valence electrons. The maximum atomic E-state index is 11.7. The lowest BCUT2D eigenvalue weighted by atomic mass is 10.1. The predicted octanol–water partition coefficient (Wildman–Crippen LogP) is 3.56. The largest absolute Gasteiger partial charge is 0.292 e. The molecule has 15 heavy (non-hydrogen) atoms. The summed E-state index contributed by atoms with van der Waals surface area (Å²) < 4.78 is 0. The summed E-state index contributed by atoms with van der Waals surface area (Å²) in [4.78, 5) is 14.2. The fraction of sp³-hybridized carbons (Fsp3) is 0.583. The Kier molecular flexibility index (Phi) is 3.87. The quantitative estimate of drug-likeness (QED) is 0.593. The van der Waals surface area contributed by atoms with Gasteiger partial charge in [0.05, 0.1) is 10.6 Å². The average Bonchev–Trinajstić information content (AvgIpc) is 2.51. The van der Waals surface area contributed by atoms with E-state index < -0.39 is 0 Å². The van der Waals surface area contributed by atoms with Crippen LogP contribution in [0.5, 0.6) is 0 Å². The van der Waals surface area contributed by atoms with E-state index in [4.69, 9.17) is 0 Å². The second kappa shape index (κ2) is 5.17. The number of rotatable bonds is 3. The second-order valence-corrected chi connectivity index (χ2v) is 5.98. The molecule has 0 aromatic carbocycles. The van der Waals surface area contributed by atoms with Crippen molar-refractivity contribution in [3.63, 3.8) is 0 Å². The highest BCUT2D eigenvalue weighted by Crippen LogP contribution is 2.29. The molecule has 0 aliphatic heterocycles. The van der Waals surface area contributed by atoms with Gasteiger partial charge in [0.2, 0.25) is 0 Å². The van der Waals surface area contributed by atoms with E-state index in [1.165, 1.54) is 42.5 Å². The van der Waals surface area contributed by atoms with Gasteiger partial charge in [-0.05, 0) is 43.6 Å². The zero-order valence-corrected chi connectivity index (χ0v) is 10.7. The van der Waals surface area contributed by atoms with Crippen molar-refractivity contribution in [3.8, 4) is 0 Å². The first-order valence-corrected chi connectivity index (χ1v) is 7.66. The summed E-state index contributed by atoms with van der Waals surface area (Å²) in [5.41, 5.74) is 1.45. The van der Waals surface area contributed by atoms with Crippen LogP contribution in [0.25, 0.3) is 0 Å². The minimum atomic E-state index is 0.306. The van der Waals surface area contributed by atoms with Gasteiger partial charge in [-0.25, -0.2) is 0 Å². The topological polar surface area (TPSA) is 17.1 Å². The molecule has 0 saturated carbocycles. The molecule has 0 unspecified atom stereocenters. The van der Waals surface area contributed by atoms with Gasteiger partial charge in [-0.3, -0.25) is 4.79 Å². The highest BCUT2D eigenvalue weighted by molar-refractivity contribution is 7.99. The molecule has 1 aromatic heterocycles. The molecule has 1 aliphatic carbocycles. The number of hydrogen-bond donors (Lipinski definition) is 0. The summed E-state index contributed by atoms with van der Waals surface area (Å²) in [6.07, 6.45) is 8.28. The third-order valence-corrected chi connectivity index (χ3v) is 4.63. The van der Waals surface area contributed by atoms with Crippen molar-refractivity contribution in [1.29, 1.82) is 0 Å². The fourth-order valence-electron chi connectivity index (χ4n) is 2.01. The van der Waals surface area contributed by atoms with Crippen molar-refractivity contribution < 1.29 is 4.79 Å². The van der Waals surface area contributed by atoms with Crippen LogP contribution in [-0.4, -0.2) is 17.8 Å². The molecule has 0 saturated heterocycles. The Bertz CT molecular complexity index is 331. The molecule has 0 radical (unpaired) electrons. The summed E-state index contributed by atoms with van der Waals surface area (Å²) in [7, 11) is 0. The molecule has 0 fully saturated rings. The number of hydrogen-bond acceptors (Lipinski definition) is 3. The normalized spacial score (nSPS) is 15.8. The monoisotopic (exact) mass is 240 g/mol. The van der Waals surface area contributed by atoms with Gasteiger partial charge in [-0.15, -0.1) is 11.3 Å². The second-order valence-electron chi connectivity index (χ2n) is 3.98. The Balaban J connectivity index is 2.18. The molecule has 2 rings (SSSR count). The van der Waals surface area contributed by atoms with E-state index in [9.17, 15) is 4.79 Å². The van der Waals surface area contributed by atoms with Gasteiger partial charge in [0.1, 0.15) is 0 Å². The van der Waals surface area contributed by atoms with E-state index in [1.54, 1.807) is 23.1 Å². The van der Waals surface area contributed by atoms with Crippen LogP contribution in [0.4, 0.5) is 0 Å². The molecule has 1 aromatic rings. The molecule has 0 amide bonds. The van der Waals surface area contributed by atoms with Crippen LogP contribution < -0.4 is 0 Å². The smallest absolute Gasteiger partial charge is 0.182 e. The summed E-state index contributed by atoms with van der Waals surface area (Å²) in [6, 6.07) is 2.14. The van der Waals surface area contributed by atoms with Crippen LogP contribution >= 0.6 is 23.1 Å². The molecule has 0 spiro atoms. The van der Waals surface area contributed by atoms with Crippen LogP contribution in [0.1, 0.15) is 39.4 Å². The third kappa shape index (κ3) is 2.64. The van der Waals surface area contributed by atoms with Gasteiger partial charge < -0.3 is 0 Å². The van der Waals surface area contributed by atoms with Gasteiger partial charge in [0.15, 0.2) is 5.78 Å². The Morgan fingerprint density at radius 1 is 1.40 bits per heavy atom. The SMILES string of the molecule is CSCC(=O)c1cc2c(s1)CCCCC2. The first-order chi connectivity index (χ1) is 7.31. The highest BCUT2D eigenvalue weighted by Gasteiger charge is 2.15. The number of fused-ring (bicyclic) bond motifs is 1. The lowest BCUT2D eigenvalue weighted by Gasteiger charge is -1.94. The molecule has 0 atom stereocenters. The van der Waals surface area contributed by atoms with Crippen LogP contribution in [0.3, 0.4) is 0 Å². The summed E-state index contributed by atoms with van der Waals surface area (Å²) in [5.74, 6) is 0.930. The van der Waals surface area contributed by atoms with Crippen molar-refractivity contribution in [2.24, 2.45) is 0 Å². The van der Waals surface area contributed by atoms with E-state index in [-0.39, 0.29) is 0 Å².